The maximum absolute atomic E-state index is 14.2. The van der Waals surface area contributed by atoms with Crippen molar-refractivity contribution >= 4 is 64.0 Å². The molecule has 2 saturated heterocycles. The number of hydrogen-bond donors (Lipinski definition) is 5. The van der Waals surface area contributed by atoms with Crippen molar-refractivity contribution in [2.75, 3.05) is 37.8 Å². The molecule has 0 saturated carbocycles. The van der Waals surface area contributed by atoms with E-state index in [0.717, 1.165) is 0 Å². The second-order valence-electron chi connectivity index (χ2n) is 19.8. The van der Waals surface area contributed by atoms with Crippen molar-refractivity contribution in [1.29, 1.82) is 0 Å². The minimum Gasteiger partial charge on any atom is -0.444 e. The van der Waals surface area contributed by atoms with Crippen LogP contribution in [0, 0.1) is 0 Å². The van der Waals surface area contributed by atoms with Crippen LogP contribution < -0.4 is 21.3 Å². The van der Waals surface area contributed by atoms with Gasteiger partial charge in [0.1, 0.15) is 23.7 Å². The molecule has 2 fully saturated rings. The molecule has 7 amide bonds. The van der Waals surface area contributed by atoms with Crippen molar-refractivity contribution in [3.63, 3.8) is 0 Å². The molecule has 368 valence electrons. The first-order valence-corrected chi connectivity index (χ1v) is 23.5. The molecule has 0 spiro atoms. The van der Waals surface area contributed by atoms with Gasteiger partial charge < -0.3 is 50.4 Å². The van der Waals surface area contributed by atoms with Crippen molar-refractivity contribution < 1.29 is 43.0 Å². The van der Waals surface area contributed by atoms with E-state index in [0.29, 0.717) is 89.0 Å². The van der Waals surface area contributed by atoms with Gasteiger partial charge in [0.05, 0.1) is 11.3 Å². The second-order valence-corrected chi connectivity index (χ2v) is 19.8. The maximum Gasteiger partial charge on any atom is 0.408 e. The number of benzene rings is 4. The van der Waals surface area contributed by atoms with Gasteiger partial charge in [0.25, 0.3) is 17.7 Å². The van der Waals surface area contributed by atoms with Gasteiger partial charge in [-0.2, -0.15) is 0 Å². The van der Waals surface area contributed by atoms with Crippen LogP contribution in [0.5, 0.6) is 0 Å². The number of hydrogen-bond acceptors (Lipinski definition) is 9. The molecular weight excluding hydrogens is 893 g/mol. The number of fused-ring (bicyclic) bond motifs is 1. The summed E-state index contributed by atoms with van der Waals surface area (Å²) in [6.45, 7) is 11.2. The molecule has 4 atom stereocenters. The number of aromatic nitrogens is 1. The fourth-order valence-corrected chi connectivity index (χ4v) is 8.72. The highest BCUT2D eigenvalue weighted by Gasteiger charge is 2.41. The minimum absolute atomic E-state index is 0.293. The van der Waals surface area contributed by atoms with Crippen molar-refractivity contribution in [2.45, 2.75) is 103 Å². The Morgan fingerprint density at radius 2 is 1.21 bits per heavy atom. The number of aromatic amines is 1. The van der Waals surface area contributed by atoms with E-state index in [1.165, 1.54) is 14.7 Å². The highest BCUT2D eigenvalue weighted by atomic mass is 16.6. The van der Waals surface area contributed by atoms with Crippen LogP contribution in [-0.4, -0.2) is 112 Å². The van der Waals surface area contributed by atoms with E-state index in [9.17, 15) is 33.6 Å². The number of anilines is 2. The van der Waals surface area contributed by atoms with Gasteiger partial charge in [-0.15, -0.1) is 0 Å². The largest absolute Gasteiger partial charge is 0.444 e. The molecular formula is C53H62N8O9. The Labute approximate surface area is 407 Å². The molecule has 2 aliphatic rings. The highest BCUT2D eigenvalue weighted by Crippen LogP contribution is 2.35. The molecule has 17 nitrogen and oxygen atoms in total. The number of amides is 7. The number of alkyl carbamates (subject to hydrolysis) is 2. The Balaban J connectivity index is 1.07. The van der Waals surface area contributed by atoms with E-state index in [2.05, 4.69) is 26.3 Å². The summed E-state index contributed by atoms with van der Waals surface area (Å²) in [6, 6.07) is 26.9. The normalized spacial score (nSPS) is 16.7. The maximum atomic E-state index is 14.2. The lowest BCUT2D eigenvalue weighted by Crippen LogP contribution is -2.49. The van der Waals surface area contributed by atoms with Gasteiger partial charge in [-0.3, -0.25) is 24.0 Å². The zero-order chi connectivity index (χ0) is 50.5. The molecule has 3 heterocycles. The number of nitrogens with zero attached hydrogens (tertiary/aromatic N) is 3. The molecule has 4 aromatic carbocycles. The van der Waals surface area contributed by atoms with Crippen LogP contribution in [0.4, 0.5) is 21.0 Å². The number of rotatable bonds is 12. The lowest BCUT2D eigenvalue weighted by atomic mass is 10.0. The summed E-state index contributed by atoms with van der Waals surface area (Å²) < 4.78 is 11.2. The van der Waals surface area contributed by atoms with Crippen LogP contribution in [-0.2, 0) is 28.7 Å². The van der Waals surface area contributed by atoms with E-state index in [-0.39, 0.29) is 5.91 Å². The number of carbonyl (C=O) groups is 7. The molecule has 70 heavy (non-hydrogen) atoms. The van der Waals surface area contributed by atoms with Crippen LogP contribution in [0.25, 0.3) is 22.2 Å². The summed E-state index contributed by atoms with van der Waals surface area (Å²) in [5.41, 5.74) is 2.66. The van der Waals surface area contributed by atoms with Crippen LogP contribution in [0.15, 0.2) is 103 Å². The summed E-state index contributed by atoms with van der Waals surface area (Å²) in [5, 5.41) is 11.9. The van der Waals surface area contributed by atoms with Gasteiger partial charge in [-0.25, -0.2) is 9.59 Å². The molecule has 0 bridgehead atoms. The molecule has 0 aliphatic carbocycles. The summed E-state index contributed by atoms with van der Waals surface area (Å²) >= 11 is 0. The van der Waals surface area contributed by atoms with Gasteiger partial charge in [0.2, 0.25) is 17.9 Å². The summed E-state index contributed by atoms with van der Waals surface area (Å²) in [6.07, 6.45) is -0.799. The third-order valence-electron chi connectivity index (χ3n) is 11.9. The van der Waals surface area contributed by atoms with Gasteiger partial charge in [-0.05, 0) is 109 Å². The van der Waals surface area contributed by atoms with Gasteiger partial charge in [0.15, 0.2) is 0 Å². The van der Waals surface area contributed by atoms with Crippen LogP contribution in [0.2, 0.25) is 0 Å². The first-order valence-electron chi connectivity index (χ1n) is 23.5. The van der Waals surface area contributed by atoms with E-state index in [1.807, 2.05) is 0 Å². The van der Waals surface area contributed by atoms with Crippen molar-refractivity contribution in [2.24, 2.45) is 0 Å². The van der Waals surface area contributed by atoms with E-state index >= 15 is 0 Å². The first kappa shape index (κ1) is 50.2. The van der Waals surface area contributed by atoms with Gasteiger partial charge >= 0.3 is 12.2 Å². The fraction of sp³-hybridized carbons (Fsp3) is 0.377. The topological polar surface area (TPSA) is 212 Å². The number of carbonyl (C=O) groups excluding carboxylic acids is 7. The summed E-state index contributed by atoms with van der Waals surface area (Å²) in [4.78, 5) is 104. The molecule has 2 aliphatic heterocycles. The number of likely N-dealkylation sites (tertiary alicyclic amines) is 2. The van der Waals surface area contributed by atoms with Crippen molar-refractivity contribution in [1.82, 2.24) is 30.3 Å². The predicted octanol–water partition coefficient (Wildman–Crippen LogP) is 7.93. The van der Waals surface area contributed by atoms with E-state index in [1.54, 1.807) is 159 Å². The van der Waals surface area contributed by atoms with Crippen LogP contribution in [0.1, 0.15) is 101 Å². The lowest BCUT2D eigenvalue weighted by Gasteiger charge is -2.29. The molecule has 2 unspecified atom stereocenters. The molecule has 5 aromatic rings. The third-order valence-corrected chi connectivity index (χ3v) is 11.9. The van der Waals surface area contributed by atoms with E-state index < -0.39 is 71.2 Å². The van der Waals surface area contributed by atoms with Crippen LogP contribution in [0.3, 0.4) is 0 Å². The smallest absolute Gasteiger partial charge is 0.408 e. The fourth-order valence-electron chi connectivity index (χ4n) is 8.72. The SMILES string of the molecule is CN(C)C(=O)c1c(-c2ccc(NC(=O)C3CCCN3C(=O)[C@H](OC(=O)NC(C)(C)C)c3ccccc3)cc2)[nH]c2ccc(NC(=O)C3CCCN3C(=O)[C@@H](NC(=O)OC(C)(C)C)c3ccccc3)cc12. The Morgan fingerprint density at radius 3 is 1.77 bits per heavy atom. The van der Waals surface area contributed by atoms with Gasteiger partial charge in [-0.1, -0.05) is 72.8 Å². The molecule has 7 rings (SSSR count). The van der Waals surface area contributed by atoms with Crippen LogP contribution >= 0.6 is 0 Å². The Kier molecular flexibility index (Phi) is 15.0. The lowest BCUT2D eigenvalue weighted by molar-refractivity contribution is -0.144. The number of nitrogens with one attached hydrogen (secondary N) is 5. The number of ether oxygens (including phenoxy) is 2. The van der Waals surface area contributed by atoms with E-state index in [4.69, 9.17) is 9.47 Å². The predicted molar refractivity (Wildman–Crippen MR) is 266 cm³/mol. The average Bonchev–Trinajstić information content (AvgIpc) is 4.09. The molecule has 5 N–H and O–H groups in total. The second kappa shape index (κ2) is 20.9. The molecule has 17 heteroatoms. The Hall–Kier alpha value is -7.69. The summed E-state index contributed by atoms with van der Waals surface area (Å²) in [5.74, 6) is -2.05. The standard InChI is InChI=1S/C53H62N8O9/c1-52(2,3)58-51(68)69-44(34-19-13-10-14-20-34)49(66)61-30-16-22-40(61)45(62)54-35-25-23-33(24-26-35)42-41(47(64)59(7)8)37-31-36(27-28-38(37)56-42)55-46(63)39-21-15-29-60(39)48(65)43(32-17-11-9-12-18-32)57-50(67)70-53(4,5)6/h9-14,17-20,23-28,31,39-40,43-44,56H,15-16,21-22,29-30H2,1-8H3,(H,54,62)(H,55,63)(H,57,67)(H,58,68)/t39?,40?,43-,44+/m0/s1. The first-order chi connectivity index (χ1) is 33.2. The molecule has 0 radical (unpaired) electrons. The third kappa shape index (κ3) is 11.9. The zero-order valence-corrected chi connectivity index (χ0v) is 40.9. The number of H-pyrrole nitrogens is 1. The zero-order valence-electron chi connectivity index (χ0n) is 40.9. The monoisotopic (exact) mass is 954 g/mol. The van der Waals surface area contributed by atoms with Crippen molar-refractivity contribution in [3.05, 3.63) is 120 Å². The average molecular weight is 955 g/mol. The quantitative estimate of drug-likeness (QED) is 0.0821. The Bertz CT molecular complexity index is 2740. The van der Waals surface area contributed by atoms with Crippen molar-refractivity contribution in [3.8, 4) is 11.3 Å². The highest BCUT2D eigenvalue weighted by molar-refractivity contribution is 6.13. The molecule has 1 aromatic heterocycles. The van der Waals surface area contributed by atoms with Gasteiger partial charge in [0, 0.05) is 60.6 Å². The Morgan fingerprint density at radius 1 is 0.671 bits per heavy atom. The summed E-state index contributed by atoms with van der Waals surface area (Å²) in [7, 11) is 3.29. The minimum atomic E-state index is -1.26.